The quantitative estimate of drug-likeness (QED) is 0.798. The van der Waals surface area contributed by atoms with Crippen LogP contribution in [-0.2, 0) is 20.2 Å². The van der Waals surface area contributed by atoms with Crippen molar-refractivity contribution >= 4 is 10.9 Å². The highest BCUT2D eigenvalue weighted by molar-refractivity contribution is 5.82. The zero-order valence-corrected chi connectivity index (χ0v) is 11.8. The molecule has 3 rings (SSSR count). The Kier molecular flexibility index (Phi) is 3.62. The van der Waals surface area contributed by atoms with Crippen LogP contribution in [-0.4, -0.2) is 4.57 Å². The number of benzene rings is 2. The number of nitrogens with two attached hydrogens (primary N) is 1. The molecule has 0 radical (unpaired) electrons. The lowest BCUT2D eigenvalue weighted by molar-refractivity contribution is 0.296. The monoisotopic (exact) mass is 284 g/mol. The van der Waals surface area contributed by atoms with Crippen LogP contribution in [0.15, 0.2) is 48.5 Å². The molecule has 3 nitrogen and oxygen atoms in total. The lowest BCUT2D eigenvalue weighted by Crippen LogP contribution is -2.02. The number of ether oxygens (including phenoxy) is 1. The summed E-state index contributed by atoms with van der Waals surface area (Å²) in [6, 6.07) is 14.4. The van der Waals surface area contributed by atoms with Crippen molar-refractivity contribution in [2.24, 2.45) is 12.8 Å². The first-order valence-electron chi connectivity index (χ1n) is 6.83. The first-order valence-corrected chi connectivity index (χ1v) is 6.83. The summed E-state index contributed by atoms with van der Waals surface area (Å²) in [7, 11) is 1.99. The molecule has 0 amide bonds. The number of hydrogen-bond acceptors (Lipinski definition) is 2. The molecular formula is C17H17FN2O. The molecule has 3 aromatic rings. The number of aromatic nitrogens is 1. The number of aryl methyl sites for hydroxylation is 1. The minimum atomic E-state index is -0.294. The summed E-state index contributed by atoms with van der Waals surface area (Å²) < 4.78 is 20.9. The Bertz CT molecular complexity index is 780. The molecule has 0 aliphatic heterocycles. The minimum absolute atomic E-state index is 0.294. The van der Waals surface area contributed by atoms with E-state index in [9.17, 15) is 4.39 Å². The number of halogens is 1. The van der Waals surface area contributed by atoms with Gasteiger partial charge in [0.25, 0.3) is 0 Å². The van der Waals surface area contributed by atoms with Crippen LogP contribution in [0.4, 0.5) is 4.39 Å². The van der Waals surface area contributed by atoms with E-state index in [1.54, 1.807) is 12.1 Å². The van der Waals surface area contributed by atoms with Gasteiger partial charge in [-0.2, -0.15) is 0 Å². The maximum Gasteiger partial charge on any atom is 0.128 e. The molecule has 0 saturated carbocycles. The molecule has 0 aliphatic carbocycles. The second-order valence-electron chi connectivity index (χ2n) is 5.04. The Morgan fingerprint density at radius 2 is 2.00 bits per heavy atom. The molecule has 0 saturated heterocycles. The molecule has 0 spiro atoms. The Morgan fingerprint density at radius 1 is 1.14 bits per heavy atom. The van der Waals surface area contributed by atoms with Crippen LogP contribution in [0.5, 0.6) is 5.75 Å². The second-order valence-corrected chi connectivity index (χ2v) is 5.04. The summed E-state index contributed by atoms with van der Waals surface area (Å²) in [5, 5.41) is 1.15. The highest BCUT2D eigenvalue weighted by atomic mass is 19.1. The van der Waals surface area contributed by atoms with E-state index in [1.807, 2.05) is 13.1 Å². The highest BCUT2D eigenvalue weighted by Crippen LogP contribution is 2.22. The molecule has 0 bridgehead atoms. The van der Waals surface area contributed by atoms with Crippen molar-refractivity contribution < 1.29 is 9.13 Å². The normalized spacial score (nSPS) is 11.0. The van der Waals surface area contributed by atoms with Crippen molar-refractivity contribution in [2.75, 3.05) is 0 Å². The van der Waals surface area contributed by atoms with Crippen LogP contribution in [0.1, 0.15) is 11.3 Å². The van der Waals surface area contributed by atoms with Gasteiger partial charge in [0.05, 0.1) is 5.69 Å². The summed E-state index contributed by atoms with van der Waals surface area (Å²) in [4.78, 5) is 0. The lowest BCUT2D eigenvalue weighted by Gasteiger charge is -2.08. The first-order chi connectivity index (χ1) is 10.2. The molecule has 0 atom stereocenters. The molecule has 4 heteroatoms. The fraction of sp³-hybridized carbons (Fsp3) is 0.176. The van der Waals surface area contributed by atoms with Crippen molar-refractivity contribution in [2.45, 2.75) is 13.2 Å². The van der Waals surface area contributed by atoms with Gasteiger partial charge >= 0.3 is 0 Å². The van der Waals surface area contributed by atoms with Gasteiger partial charge in [0.2, 0.25) is 0 Å². The van der Waals surface area contributed by atoms with E-state index in [1.165, 1.54) is 12.1 Å². The molecule has 21 heavy (non-hydrogen) atoms. The Hall–Kier alpha value is -2.33. The zero-order chi connectivity index (χ0) is 14.8. The van der Waals surface area contributed by atoms with Crippen LogP contribution in [0.25, 0.3) is 10.9 Å². The molecular weight excluding hydrogens is 267 g/mol. The average molecular weight is 284 g/mol. The van der Waals surface area contributed by atoms with E-state index in [0.717, 1.165) is 22.2 Å². The third kappa shape index (κ3) is 2.76. The van der Waals surface area contributed by atoms with Crippen molar-refractivity contribution in [3.8, 4) is 5.75 Å². The van der Waals surface area contributed by atoms with Gasteiger partial charge in [-0.05, 0) is 35.2 Å². The summed E-state index contributed by atoms with van der Waals surface area (Å²) in [5.41, 5.74) is 8.93. The number of rotatable bonds is 4. The standard InChI is InChI=1S/C17H17FN2O/c1-20-15(11-21-16-4-2-3-14(18)9-16)8-13-6-5-12(10-19)7-17(13)20/h2-9H,10-11,19H2,1H3. The van der Waals surface area contributed by atoms with E-state index in [4.69, 9.17) is 10.5 Å². The predicted molar refractivity (Wildman–Crippen MR) is 81.5 cm³/mol. The van der Waals surface area contributed by atoms with Gasteiger partial charge in [-0.15, -0.1) is 0 Å². The van der Waals surface area contributed by atoms with Gasteiger partial charge < -0.3 is 15.0 Å². The van der Waals surface area contributed by atoms with E-state index in [0.29, 0.717) is 18.9 Å². The number of hydrogen-bond donors (Lipinski definition) is 1. The highest BCUT2D eigenvalue weighted by Gasteiger charge is 2.07. The van der Waals surface area contributed by atoms with Gasteiger partial charge in [0.1, 0.15) is 18.2 Å². The van der Waals surface area contributed by atoms with Crippen LogP contribution in [0.2, 0.25) is 0 Å². The van der Waals surface area contributed by atoms with Crippen LogP contribution >= 0.6 is 0 Å². The molecule has 108 valence electrons. The van der Waals surface area contributed by atoms with Crippen LogP contribution < -0.4 is 10.5 Å². The van der Waals surface area contributed by atoms with E-state index in [2.05, 4.69) is 22.8 Å². The number of nitrogens with zero attached hydrogens (tertiary/aromatic N) is 1. The van der Waals surface area contributed by atoms with Crippen molar-refractivity contribution in [3.05, 3.63) is 65.6 Å². The largest absolute Gasteiger partial charge is 0.487 e. The molecule has 1 aromatic heterocycles. The molecule has 0 aliphatic rings. The van der Waals surface area contributed by atoms with E-state index >= 15 is 0 Å². The Labute approximate surface area is 122 Å². The smallest absolute Gasteiger partial charge is 0.128 e. The van der Waals surface area contributed by atoms with Gasteiger partial charge in [-0.1, -0.05) is 18.2 Å². The maximum absolute atomic E-state index is 13.1. The van der Waals surface area contributed by atoms with Gasteiger partial charge in [0, 0.05) is 25.2 Å². The van der Waals surface area contributed by atoms with Crippen LogP contribution in [0.3, 0.4) is 0 Å². The summed E-state index contributed by atoms with van der Waals surface area (Å²) >= 11 is 0. The first kappa shape index (κ1) is 13.6. The molecule has 0 fully saturated rings. The van der Waals surface area contributed by atoms with Gasteiger partial charge in [0.15, 0.2) is 0 Å². The second kappa shape index (κ2) is 5.58. The van der Waals surface area contributed by atoms with Crippen LogP contribution in [0, 0.1) is 5.82 Å². The number of fused-ring (bicyclic) bond motifs is 1. The van der Waals surface area contributed by atoms with E-state index in [-0.39, 0.29) is 5.82 Å². The molecule has 0 unspecified atom stereocenters. The van der Waals surface area contributed by atoms with E-state index < -0.39 is 0 Å². The maximum atomic E-state index is 13.1. The van der Waals surface area contributed by atoms with Crippen molar-refractivity contribution in [1.29, 1.82) is 0 Å². The van der Waals surface area contributed by atoms with Gasteiger partial charge in [-0.3, -0.25) is 0 Å². The topological polar surface area (TPSA) is 40.2 Å². The summed E-state index contributed by atoms with van der Waals surface area (Å²) in [6.45, 7) is 0.919. The average Bonchev–Trinajstić information content (AvgIpc) is 2.81. The predicted octanol–water partition coefficient (Wildman–Crippen LogP) is 3.36. The SMILES string of the molecule is Cn1c(COc2cccc(F)c2)cc2ccc(CN)cc21. The Morgan fingerprint density at radius 3 is 2.76 bits per heavy atom. The van der Waals surface area contributed by atoms with Crippen molar-refractivity contribution in [3.63, 3.8) is 0 Å². The van der Waals surface area contributed by atoms with Gasteiger partial charge in [-0.25, -0.2) is 4.39 Å². The van der Waals surface area contributed by atoms with Crippen molar-refractivity contribution in [1.82, 2.24) is 4.57 Å². The fourth-order valence-corrected chi connectivity index (χ4v) is 2.41. The molecule has 2 aromatic carbocycles. The third-order valence-corrected chi connectivity index (χ3v) is 3.63. The summed E-state index contributed by atoms with van der Waals surface area (Å²) in [6.07, 6.45) is 0. The minimum Gasteiger partial charge on any atom is -0.487 e. The lowest BCUT2D eigenvalue weighted by atomic mass is 10.1. The Balaban J connectivity index is 1.85. The molecule has 1 heterocycles. The molecule has 2 N–H and O–H groups in total. The summed E-state index contributed by atoms with van der Waals surface area (Å²) in [5.74, 6) is 0.236. The zero-order valence-electron chi connectivity index (χ0n) is 11.8. The third-order valence-electron chi connectivity index (χ3n) is 3.63. The fourth-order valence-electron chi connectivity index (χ4n) is 2.41.